The van der Waals surface area contributed by atoms with E-state index in [1.54, 1.807) is 11.1 Å². The Labute approximate surface area is 139 Å². The van der Waals surface area contributed by atoms with Crippen molar-refractivity contribution >= 4 is 11.9 Å². The number of fused-ring (bicyclic) bond motifs is 1. The van der Waals surface area contributed by atoms with Crippen LogP contribution in [0.5, 0.6) is 5.88 Å². The van der Waals surface area contributed by atoms with Crippen molar-refractivity contribution in [1.29, 1.82) is 0 Å². The highest BCUT2D eigenvalue weighted by Gasteiger charge is 2.33. The van der Waals surface area contributed by atoms with Crippen LogP contribution < -0.4 is 5.56 Å². The van der Waals surface area contributed by atoms with Gasteiger partial charge in [-0.15, -0.1) is 0 Å². The van der Waals surface area contributed by atoms with E-state index in [2.05, 4.69) is 9.97 Å². The van der Waals surface area contributed by atoms with Gasteiger partial charge in [-0.2, -0.15) is 0 Å². The van der Waals surface area contributed by atoms with Crippen LogP contribution in [-0.4, -0.2) is 42.6 Å². The average Bonchev–Trinajstić information content (AvgIpc) is 2.89. The number of aromatic hydroxyl groups is 1. The van der Waals surface area contributed by atoms with E-state index in [9.17, 15) is 14.7 Å². The lowest BCUT2D eigenvalue weighted by Gasteiger charge is -2.35. The molecular formula is C16H22N4O4. The first-order valence-electron chi connectivity index (χ1n) is 8.05. The molecule has 0 unspecified atom stereocenters. The molecule has 1 aliphatic rings. The summed E-state index contributed by atoms with van der Waals surface area (Å²) in [5.74, 6) is 0.0665. The number of hydrogen-bond donors (Lipinski definition) is 2. The maximum atomic E-state index is 12.5. The van der Waals surface area contributed by atoms with Crippen molar-refractivity contribution < 1.29 is 14.6 Å². The smallest absolute Gasteiger partial charge is 0.410 e. The summed E-state index contributed by atoms with van der Waals surface area (Å²) in [5, 5.41) is 9.89. The van der Waals surface area contributed by atoms with Crippen LogP contribution in [-0.2, 0) is 4.74 Å². The second kappa shape index (κ2) is 5.85. The Bertz CT molecular complexity index is 818. The molecule has 0 aliphatic carbocycles. The van der Waals surface area contributed by atoms with E-state index in [-0.39, 0.29) is 23.8 Å². The lowest BCUT2D eigenvalue weighted by Crippen LogP contribution is -2.42. The van der Waals surface area contributed by atoms with Gasteiger partial charge in [-0.1, -0.05) is 0 Å². The number of aromatic amines is 1. The third-order valence-corrected chi connectivity index (χ3v) is 3.94. The van der Waals surface area contributed by atoms with E-state index in [1.807, 2.05) is 20.8 Å². The molecule has 0 spiro atoms. The van der Waals surface area contributed by atoms with Gasteiger partial charge in [0.05, 0.1) is 17.8 Å². The van der Waals surface area contributed by atoms with Crippen LogP contribution in [0.1, 0.15) is 51.8 Å². The van der Waals surface area contributed by atoms with Gasteiger partial charge < -0.3 is 9.84 Å². The fourth-order valence-corrected chi connectivity index (χ4v) is 2.93. The van der Waals surface area contributed by atoms with Gasteiger partial charge in [-0.25, -0.2) is 9.78 Å². The van der Waals surface area contributed by atoms with Crippen LogP contribution in [0.25, 0.3) is 5.78 Å². The maximum Gasteiger partial charge on any atom is 0.410 e. The molecule has 1 fully saturated rings. The maximum absolute atomic E-state index is 12.5. The minimum Gasteiger partial charge on any atom is -0.494 e. The molecule has 0 aromatic carbocycles. The predicted octanol–water partition coefficient (Wildman–Crippen LogP) is 2.19. The fourth-order valence-electron chi connectivity index (χ4n) is 2.93. The zero-order chi connectivity index (χ0) is 17.5. The number of nitrogens with one attached hydrogen (secondary N) is 1. The molecule has 3 rings (SSSR count). The van der Waals surface area contributed by atoms with Crippen LogP contribution in [0.15, 0.2) is 17.1 Å². The Kier molecular flexibility index (Phi) is 3.98. The van der Waals surface area contributed by atoms with Gasteiger partial charge in [0.15, 0.2) is 0 Å². The fraction of sp³-hybridized carbons (Fsp3) is 0.562. The lowest BCUT2D eigenvalue weighted by atomic mass is 10.0. The molecule has 3 heterocycles. The summed E-state index contributed by atoms with van der Waals surface area (Å²) < 4.78 is 6.89. The molecule has 130 valence electrons. The highest BCUT2D eigenvalue weighted by molar-refractivity contribution is 5.69. The lowest BCUT2D eigenvalue weighted by molar-refractivity contribution is 0.00906. The van der Waals surface area contributed by atoms with Crippen molar-refractivity contribution in [3.05, 3.63) is 28.3 Å². The van der Waals surface area contributed by atoms with Crippen molar-refractivity contribution in [3.63, 3.8) is 0 Å². The minimum absolute atomic E-state index is 0.188. The molecule has 0 radical (unpaired) electrons. The Morgan fingerprint density at radius 3 is 2.88 bits per heavy atom. The van der Waals surface area contributed by atoms with E-state index in [0.29, 0.717) is 12.2 Å². The summed E-state index contributed by atoms with van der Waals surface area (Å²) in [6.07, 6.45) is 3.91. The SMILES string of the molecule is CC(C)(C)OC(=O)N1CCCC[C@@H]1c1cn2c(O)cc(=O)[nH]c2n1. The molecular weight excluding hydrogens is 312 g/mol. The summed E-state index contributed by atoms with van der Waals surface area (Å²) in [5.41, 5.74) is -0.371. The number of rotatable bonds is 1. The van der Waals surface area contributed by atoms with Gasteiger partial charge in [-0.05, 0) is 40.0 Å². The third kappa shape index (κ3) is 3.22. The zero-order valence-corrected chi connectivity index (χ0v) is 14.1. The Morgan fingerprint density at radius 2 is 2.17 bits per heavy atom. The van der Waals surface area contributed by atoms with Gasteiger partial charge >= 0.3 is 6.09 Å². The molecule has 8 nitrogen and oxygen atoms in total. The number of ether oxygens (including phenoxy) is 1. The molecule has 24 heavy (non-hydrogen) atoms. The van der Waals surface area contributed by atoms with Crippen molar-refractivity contribution in [1.82, 2.24) is 19.3 Å². The number of piperidine rings is 1. The number of hydrogen-bond acceptors (Lipinski definition) is 5. The largest absolute Gasteiger partial charge is 0.494 e. The normalized spacial score (nSPS) is 18.8. The Morgan fingerprint density at radius 1 is 1.42 bits per heavy atom. The van der Waals surface area contributed by atoms with Crippen molar-refractivity contribution in [3.8, 4) is 5.88 Å². The number of likely N-dealkylation sites (tertiary alicyclic amines) is 1. The standard InChI is InChI=1S/C16H22N4O4/c1-16(2,3)24-15(23)19-7-5-4-6-11(19)10-9-20-13(22)8-12(21)18-14(20)17-10/h8-9,11,22H,4-7H2,1-3H3,(H,17,18,21)/t11-/m1/s1. The molecule has 1 amide bonds. The molecule has 2 aromatic heterocycles. The van der Waals surface area contributed by atoms with Crippen LogP contribution in [0.2, 0.25) is 0 Å². The van der Waals surface area contributed by atoms with E-state index < -0.39 is 11.2 Å². The van der Waals surface area contributed by atoms with E-state index >= 15 is 0 Å². The first kappa shape index (κ1) is 16.4. The molecule has 0 saturated carbocycles. The molecule has 2 aromatic rings. The van der Waals surface area contributed by atoms with Crippen molar-refractivity contribution in [2.24, 2.45) is 0 Å². The number of H-pyrrole nitrogens is 1. The summed E-state index contributed by atoms with van der Waals surface area (Å²) in [6.45, 7) is 6.09. The van der Waals surface area contributed by atoms with Crippen LogP contribution in [0.3, 0.4) is 0 Å². The Balaban J connectivity index is 1.95. The number of carbonyl (C=O) groups is 1. The summed E-state index contributed by atoms with van der Waals surface area (Å²) in [7, 11) is 0. The second-order valence-corrected chi connectivity index (χ2v) is 7.04. The molecule has 2 N–H and O–H groups in total. The third-order valence-electron chi connectivity index (χ3n) is 3.94. The van der Waals surface area contributed by atoms with Gasteiger partial charge in [0.2, 0.25) is 11.7 Å². The summed E-state index contributed by atoms with van der Waals surface area (Å²) in [4.78, 5) is 32.6. The van der Waals surface area contributed by atoms with Gasteiger partial charge in [0.25, 0.3) is 5.56 Å². The zero-order valence-electron chi connectivity index (χ0n) is 14.1. The molecule has 1 aliphatic heterocycles. The predicted molar refractivity (Wildman–Crippen MR) is 87.0 cm³/mol. The van der Waals surface area contributed by atoms with Crippen LogP contribution >= 0.6 is 0 Å². The van der Waals surface area contributed by atoms with Gasteiger partial charge in [-0.3, -0.25) is 19.1 Å². The minimum atomic E-state index is -0.568. The number of imidazole rings is 1. The van der Waals surface area contributed by atoms with Gasteiger partial charge in [0.1, 0.15) is 5.60 Å². The van der Waals surface area contributed by atoms with Crippen molar-refractivity contribution in [2.45, 2.75) is 51.7 Å². The van der Waals surface area contributed by atoms with Gasteiger partial charge in [0, 0.05) is 12.7 Å². The number of nitrogens with zero attached hydrogens (tertiary/aromatic N) is 3. The average molecular weight is 334 g/mol. The van der Waals surface area contributed by atoms with Crippen LogP contribution in [0.4, 0.5) is 4.79 Å². The first-order valence-corrected chi connectivity index (χ1v) is 8.05. The number of carbonyl (C=O) groups excluding carboxylic acids is 1. The molecule has 0 bridgehead atoms. The summed E-state index contributed by atoms with van der Waals surface area (Å²) in [6, 6.07) is 0.849. The van der Waals surface area contributed by atoms with E-state index in [0.717, 1.165) is 25.3 Å². The van der Waals surface area contributed by atoms with E-state index in [1.165, 1.54) is 4.40 Å². The molecule has 8 heteroatoms. The number of aromatic nitrogens is 3. The first-order chi connectivity index (χ1) is 11.2. The molecule has 1 saturated heterocycles. The highest BCUT2D eigenvalue weighted by atomic mass is 16.6. The molecule has 1 atom stereocenters. The summed E-state index contributed by atoms with van der Waals surface area (Å²) >= 11 is 0. The number of amides is 1. The Hall–Kier alpha value is -2.51. The quantitative estimate of drug-likeness (QED) is 0.832. The monoisotopic (exact) mass is 334 g/mol. The van der Waals surface area contributed by atoms with Crippen LogP contribution in [0, 0.1) is 0 Å². The second-order valence-electron chi connectivity index (χ2n) is 7.04. The topological polar surface area (TPSA) is 99.9 Å². The van der Waals surface area contributed by atoms with E-state index in [4.69, 9.17) is 4.74 Å². The highest BCUT2D eigenvalue weighted by Crippen LogP contribution is 2.32. The van der Waals surface area contributed by atoms with Crippen molar-refractivity contribution in [2.75, 3.05) is 6.54 Å².